The van der Waals surface area contributed by atoms with E-state index in [9.17, 15) is 9.59 Å². The molecule has 2 nitrogen and oxygen atoms in total. The SMILES string of the molecule is CC(=O)C(C(C)=O)C(Sc1ccc(C)cc1)c1ccccc1. The molecule has 0 aromatic heterocycles. The normalized spacial score (nSPS) is 12.2. The van der Waals surface area contributed by atoms with Gasteiger partial charge < -0.3 is 0 Å². The van der Waals surface area contributed by atoms with Crippen LogP contribution in [0.1, 0.15) is 30.2 Å². The van der Waals surface area contributed by atoms with Crippen LogP contribution in [0, 0.1) is 12.8 Å². The summed E-state index contributed by atoms with van der Waals surface area (Å²) in [6.45, 7) is 5.03. The number of benzene rings is 2. The van der Waals surface area contributed by atoms with Crippen LogP contribution in [0.2, 0.25) is 0 Å². The Labute approximate surface area is 135 Å². The zero-order valence-electron chi connectivity index (χ0n) is 13.1. The van der Waals surface area contributed by atoms with E-state index in [2.05, 4.69) is 0 Å². The summed E-state index contributed by atoms with van der Waals surface area (Å²) >= 11 is 1.57. The maximum atomic E-state index is 12.0. The summed E-state index contributed by atoms with van der Waals surface area (Å²) in [7, 11) is 0. The number of ketones is 2. The fraction of sp³-hybridized carbons (Fsp3) is 0.263. The van der Waals surface area contributed by atoms with Crippen LogP contribution in [0.15, 0.2) is 59.5 Å². The van der Waals surface area contributed by atoms with E-state index in [0.717, 1.165) is 10.5 Å². The molecule has 3 heteroatoms. The molecule has 114 valence electrons. The number of thioether (sulfide) groups is 1. The predicted molar refractivity (Wildman–Crippen MR) is 91.1 cm³/mol. The second-order valence-corrected chi connectivity index (χ2v) is 6.68. The first kappa shape index (κ1) is 16.5. The van der Waals surface area contributed by atoms with E-state index in [0.29, 0.717) is 0 Å². The minimum atomic E-state index is -0.617. The van der Waals surface area contributed by atoms with Crippen molar-refractivity contribution in [3.63, 3.8) is 0 Å². The lowest BCUT2D eigenvalue weighted by molar-refractivity contribution is -0.130. The number of carbonyl (C=O) groups excluding carboxylic acids is 2. The molecule has 0 aliphatic carbocycles. The van der Waals surface area contributed by atoms with Crippen LogP contribution in [0.3, 0.4) is 0 Å². The molecule has 2 aromatic rings. The zero-order valence-corrected chi connectivity index (χ0v) is 13.9. The second kappa shape index (κ2) is 7.41. The number of hydrogen-bond donors (Lipinski definition) is 0. The summed E-state index contributed by atoms with van der Waals surface area (Å²) in [5.41, 5.74) is 2.19. The Hall–Kier alpha value is -1.87. The Balaban J connectivity index is 2.39. The monoisotopic (exact) mass is 312 g/mol. The smallest absolute Gasteiger partial charge is 0.141 e. The van der Waals surface area contributed by atoms with Crippen molar-refractivity contribution < 1.29 is 9.59 Å². The number of Topliss-reactive ketones (excluding diaryl/α,β-unsaturated/α-hetero) is 2. The molecule has 0 saturated heterocycles. The Morgan fingerprint density at radius 3 is 1.91 bits per heavy atom. The molecule has 2 aromatic carbocycles. The van der Waals surface area contributed by atoms with Gasteiger partial charge in [0.05, 0.1) is 11.2 Å². The van der Waals surface area contributed by atoms with E-state index in [4.69, 9.17) is 0 Å². The molecule has 0 N–H and O–H groups in total. The fourth-order valence-electron chi connectivity index (χ4n) is 2.45. The predicted octanol–water partition coefficient (Wildman–Crippen LogP) is 4.62. The fourth-order valence-corrected chi connectivity index (χ4v) is 3.85. The Bertz CT molecular complexity index is 633. The lowest BCUT2D eigenvalue weighted by Crippen LogP contribution is -2.25. The van der Waals surface area contributed by atoms with Crippen LogP contribution in [-0.4, -0.2) is 11.6 Å². The molecule has 0 aliphatic rings. The molecule has 0 saturated carbocycles. The summed E-state index contributed by atoms with van der Waals surface area (Å²) in [6.07, 6.45) is 0. The van der Waals surface area contributed by atoms with Gasteiger partial charge in [-0.2, -0.15) is 0 Å². The van der Waals surface area contributed by atoms with Crippen molar-refractivity contribution in [2.75, 3.05) is 0 Å². The Morgan fingerprint density at radius 2 is 1.41 bits per heavy atom. The molecule has 0 radical (unpaired) electrons. The molecular weight excluding hydrogens is 292 g/mol. The van der Waals surface area contributed by atoms with E-state index in [-0.39, 0.29) is 16.8 Å². The molecule has 22 heavy (non-hydrogen) atoms. The average molecular weight is 312 g/mol. The molecule has 0 bridgehead atoms. The summed E-state index contributed by atoms with van der Waals surface area (Å²) in [4.78, 5) is 25.1. The van der Waals surface area contributed by atoms with Gasteiger partial charge in [-0.1, -0.05) is 48.0 Å². The van der Waals surface area contributed by atoms with Gasteiger partial charge >= 0.3 is 0 Å². The van der Waals surface area contributed by atoms with Gasteiger partial charge in [-0.15, -0.1) is 11.8 Å². The second-order valence-electron chi connectivity index (χ2n) is 5.46. The van der Waals surface area contributed by atoms with Gasteiger partial charge in [0.25, 0.3) is 0 Å². The van der Waals surface area contributed by atoms with E-state index in [1.54, 1.807) is 11.8 Å². The molecule has 0 aliphatic heterocycles. The number of aryl methyl sites for hydroxylation is 1. The van der Waals surface area contributed by atoms with Crippen molar-refractivity contribution >= 4 is 23.3 Å². The van der Waals surface area contributed by atoms with Gasteiger partial charge in [-0.3, -0.25) is 9.59 Å². The first-order valence-corrected chi connectivity index (χ1v) is 8.16. The molecule has 0 heterocycles. The van der Waals surface area contributed by atoms with Gasteiger partial charge in [0.1, 0.15) is 11.6 Å². The zero-order chi connectivity index (χ0) is 16.1. The highest BCUT2D eigenvalue weighted by Crippen LogP contribution is 2.41. The molecular formula is C19H20O2S. The minimum Gasteiger partial charge on any atom is -0.299 e. The van der Waals surface area contributed by atoms with Crippen LogP contribution in [-0.2, 0) is 9.59 Å². The van der Waals surface area contributed by atoms with Gasteiger partial charge in [-0.25, -0.2) is 0 Å². The van der Waals surface area contributed by atoms with Gasteiger partial charge in [0, 0.05) is 4.90 Å². The lowest BCUT2D eigenvalue weighted by Gasteiger charge is -2.23. The quantitative estimate of drug-likeness (QED) is 0.576. The third-order valence-corrected chi connectivity index (χ3v) is 4.93. The highest BCUT2D eigenvalue weighted by atomic mass is 32.2. The van der Waals surface area contributed by atoms with Crippen LogP contribution < -0.4 is 0 Å². The van der Waals surface area contributed by atoms with E-state index in [1.807, 2.05) is 61.5 Å². The van der Waals surface area contributed by atoms with Crippen LogP contribution >= 0.6 is 11.8 Å². The highest BCUT2D eigenvalue weighted by Gasteiger charge is 2.31. The largest absolute Gasteiger partial charge is 0.299 e. The number of carbonyl (C=O) groups is 2. The summed E-state index contributed by atoms with van der Waals surface area (Å²) < 4.78 is 0. The first-order valence-electron chi connectivity index (χ1n) is 7.28. The van der Waals surface area contributed by atoms with E-state index in [1.165, 1.54) is 19.4 Å². The first-order chi connectivity index (χ1) is 10.5. The van der Waals surface area contributed by atoms with E-state index < -0.39 is 5.92 Å². The van der Waals surface area contributed by atoms with Gasteiger partial charge in [0.15, 0.2) is 0 Å². The van der Waals surface area contributed by atoms with Crippen LogP contribution in [0.5, 0.6) is 0 Å². The van der Waals surface area contributed by atoms with Gasteiger partial charge in [-0.05, 0) is 38.5 Å². The summed E-state index contributed by atoms with van der Waals surface area (Å²) in [5.74, 6) is -0.782. The lowest BCUT2D eigenvalue weighted by atomic mass is 9.92. The van der Waals surface area contributed by atoms with Crippen molar-refractivity contribution in [3.05, 3.63) is 65.7 Å². The van der Waals surface area contributed by atoms with Crippen molar-refractivity contribution in [2.45, 2.75) is 30.9 Å². The third kappa shape index (κ3) is 4.08. The molecule has 1 unspecified atom stereocenters. The molecule has 1 atom stereocenters. The van der Waals surface area contributed by atoms with Crippen molar-refractivity contribution in [1.29, 1.82) is 0 Å². The summed E-state index contributed by atoms with van der Waals surface area (Å²) in [5, 5.41) is -0.195. The minimum absolute atomic E-state index is 0.0824. The third-order valence-electron chi connectivity index (χ3n) is 3.59. The van der Waals surface area contributed by atoms with Gasteiger partial charge in [0.2, 0.25) is 0 Å². The highest BCUT2D eigenvalue weighted by molar-refractivity contribution is 7.99. The Morgan fingerprint density at radius 1 is 0.864 bits per heavy atom. The van der Waals surface area contributed by atoms with Crippen molar-refractivity contribution in [2.24, 2.45) is 5.92 Å². The summed E-state index contributed by atoms with van der Waals surface area (Å²) in [6, 6.07) is 17.9. The molecule has 0 spiro atoms. The molecule has 2 rings (SSSR count). The Kier molecular flexibility index (Phi) is 5.56. The number of rotatable bonds is 6. The molecule has 0 amide bonds. The van der Waals surface area contributed by atoms with Crippen LogP contribution in [0.25, 0.3) is 0 Å². The maximum absolute atomic E-state index is 12.0. The maximum Gasteiger partial charge on any atom is 0.141 e. The van der Waals surface area contributed by atoms with Crippen LogP contribution in [0.4, 0.5) is 0 Å². The topological polar surface area (TPSA) is 34.1 Å². The average Bonchev–Trinajstić information content (AvgIpc) is 2.49. The van der Waals surface area contributed by atoms with Crippen molar-refractivity contribution in [3.8, 4) is 0 Å². The molecule has 0 fully saturated rings. The van der Waals surface area contributed by atoms with Crippen molar-refractivity contribution in [1.82, 2.24) is 0 Å². The van der Waals surface area contributed by atoms with E-state index >= 15 is 0 Å². The number of hydrogen-bond acceptors (Lipinski definition) is 3. The standard InChI is InChI=1S/C19H20O2S/c1-13-9-11-17(12-10-13)22-19(16-7-5-4-6-8-16)18(14(2)20)15(3)21/h4-12,18-19H,1-3H3.